The monoisotopic (exact) mass is 391 g/mol. The predicted octanol–water partition coefficient (Wildman–Crippen LogP) is 3.25. The van der Waals surface area contributed by atoms with Crippen LogP contribution in [0.3, 0.4) is 0 Å². The normalized spacial score (nSPS) is 17.0. The molecule has 3 rings (SSSR count). The molecule has 1 amide bonds. The van der Waals surface area contributed by atoms with Gasteiger partial charge in [-0.1, -0.05) is 17.7 Å². The average Bonchev–Trinajstić information content (AvgIpc) is 3.26. The van der Waals surface area contributed by atoms with Crippen molar-refractivity contribution in [3.63, 3.8) is 0 Å². The van der Waals surface area contributed by atoms with Crippen LogP contribution in [0.5, 0.6) is 5.75 Å². The number of Topliss-reactive ketones (excluding diaryl/α,β-unsaturated/α-hetero) is 1. The van der Waals surface area contributed by atoms with Gasteiger partial charge >= 0.3 is 0 Å². The quantitative estimate of drug-likeness (QED) is 0.555. The second-order valence-electron chi connectivity index (χ2n) is 6.03. The fourth-order valence-corrected chi connectivity index (χ4v) is 3.26. The van der Waals surface area contributed by atoms with Crippen LogP contribution in [0, 0.1) is 0 Å². The molecular weight excluding hydrogens is 374 g/mol. The first-order chi connectivity index (χ1) is 13.0. The van der Waals surface area contributed by atoms with Crippen molar-refractivity contribution < 1.29 is 29.0 Å². The first kappa shape index (κ1) is 19.0. The van der Waals surface area contributed by atoms with Crippen molar-refractivity contribution in [3.05, 3.63) is 64.3 Å². The average molecular weight is 392 g/mol. The molecule has 1 unspecified atom stereocenters. The Kier molecular flexibility index (Phi) is 5.53. The molecule has 2 heterocycles. The summed E-state index contributed by atoms with van der Waals surface area (Å²) in [7, 11) is 1.55. The Morgan fingerprint density at radius 3 is 2.74 bits per heavy atom. The van der Waals surface area contributed by atoms with Crippen molar-refractivity contribution in [1.29, 1.82) is 0 Å². The lowest BCUT2D eigenvalue weighted by molar-refractivity contribution is -0.129. The number of halogens is 1. The zero-order valence-electron chi connectivity index (χ0n) is 14.5. The van der Waals surface area contributed by atoms with E-state index in [0.29, 0.717) is 18.6 Å². The first-order valence-corrected chi connectivity index (χ1v) is 8.63. The Morgan fingerprint density at radius 2 is 2.11 bits per heavy atom. The van der Waals surface area contributed by atoms with Gasteiger partial charge in [-0.15, -0.1) is 0 Å². The predicted molar refractivity (Wildman–Crippen MR) is 96.8 cm³/mol. The van der Waals surface area contributed by atoms with Gasteiger partial charge in [0.2, 0.25) is 5.78 Å². The number of aliphatic hydroxyl groups is 1. The molecule has 1 aromatic carbocycles. The molecule has 2 aromatic rings. The molecular formula is C19H18ClNO6. The maximum atomic E-state index is 12.9. The third-order valence-corrected chi connectivity index (χ3v) is 4.63. The van der Waals surface area contributed by atoms with Gasteiger partial charge in [-0.3, -0.25) is 9.59 Å². The van der Waals surface area contributed by atoms with Crippen LogP contribution in [0.25, 0.3) is 0 Å². The highest BCUT2D eigenvalue weighted by molar-refractivity contribution is 6.32. The third kappa shape index (κ3) is 3.56. The Balaban J connectivity index is 2.05. The van der Waals surface area contributed by atoms with Gasteiger partial charge in [-0.25, -0.2) is 0 Å². The summed E-state index contributed by atoms with van der Waals surface area (Å²) in [6.45, 7) is 0.671. The fourth-order valence-electron chi connectivity index (χ4n) is 3.08. The Bertz CT molecular complexity index is 890. The number of methoxy groups -OCH3 is 1. The van der Waals surface area contributed by atoms with Crippen LogP contribution >= 0.6 is 11.6 Å². The lowest BCUT2D eigenvalue weighted by Crippen LogP contribution is -2.32. The van der Waals surface area contributed by atoms with Gasteiger partial charge in [0.05, 0.1) is 22.9 Å². The number of aliphatic hydroxyl groups excluding tert-OH is 1. The number of ether oxygens (including phenoxy) is 1. The molecule has 1 aromatic heterocycles. The van der Waals surface area contributed by atoms with Crippen molar-refractivity contribution in [3.8, 4) is 5.75 Å². The number of furan rings is 1. The number of phenols is 1. The van der Waals surface area contributed by atoms with Crippen LogP contribution in [0.4, 0.5) is 0 Å². The second-order valence-corrected chi connectivity index (χ2v) is 6.43. The smallest absolute Gasteiger partial charge is 0.290 e. The van der Waals surface area contributed by atoms with E-state index in [0.717, 1.165) is 0 Å². The number of hydrogen-bond acceptors (Lipinski definition) is 6. The number of carbonyl (C=O) groups is 2. The van der Waals surface area contributed by atoms with E-state index in [1.807, 2.05) is 0 Å². The van der Waals surface area contributed by atoms with Crippen LogP contribution in [-0.2, 0) is 9.53 Å². The van der Waals surface area contributed by atoms with Gasteiger partial charge in [-0.2, -0.15) is 0 Å². The molecule has 0 radical (unpaired) electrons. The molecule has 0 saturated heterocycles. The third-order valence-electron chi connectivity index (χ3n) is 4.33. The molecule has 0 saturated carbocycles. The summed E-state index contributed by atoms with van der Waals surface area (Å²) in [5, 5.41) is 20.2. The van der Waals surface area contributed by atoms with Gasteiger partial charge in [0.1, 0.15) is 5.75 Å². The summed E-state index contributed by atoms with van der Waals surface area (Å²) < 4.78 is 10.2. The minimum atomic E-state index is -0.856. The molecule has 8 heteroatoms. The van der Waals surface area contributed by atoms with Crippen molar-refractivity contribution in [2.24, 2.45) is 0 Å². The van der Waals surface area contributed by atoms with Gasteiger partial charge < -0.3 is 24.3 Å². The number of amides is 1. The number of aromatic hydroxyl groups is 1. The summed E-state index contributed by atoms with van der Waals surface area (Å²) in [5.41, 5.74) is 0.400. The van der Waals surface area contributed by atoms with E-state index in [1.54, 1.807) is 19.2 Å². The molecule has 1 aliphatic rings. The number of phenolic OH excluding ortho intramolecular Hbond substituents is 1. The molecule has 0 spiro atoms. The zero-order chi connectivity index (χ0) is 19.6. The molecule has 2 N–H and O–H groups in total. The Hall–Kier alpha value is -2.77. The lowest BCUT2D eigenvalue weighted by Gasteiger charge is -2.26. The standard InChI is InChI=1S/C19H18ClNO6/c1-26-8-3-7-21-16(11-5-6-13(22)12(20)10-11)15(18(24)19(21)25)17(23)14-4-2-9-27-14/h2,4-6,9-10,16,22,24H,3,7-8H2,1H3. The van der Waals surface area contributed by atoms with E-state index in [1.165, 1.54) is 29.4 Å². The Labute approximate surface area is 160 Å². The highest BCUT2D eigenvalue weighted by Gasteiger charge is 2.44. The highest BCUT2D eigenvalue weighted by atomic mass is 35.5. The first-order valence-electron chi connectivity index (χ1n) is 8.25. The number of rotatable bonds is 7. The van der Waals surface area contributed by atoms with Gasteiger partial charge in [0.15, 0.2) is 11.5 Å². The second kappa shape index (κ2) is 7.85. The molecule has 1 aliphatic heterocycles. The minimum absolute atomic E-state index is 0.0120. The van der Waals surface area contributed by atoms with E-state index in [9.17, 15) is 19.8 Å². The molecule has 27 heavy (non-hydrogen) atoms. The number of nitrogens with zero attached hydrogens (tertiary/aromatic N) is 1. The SMILES string of the molecule is COCCCN1C(=O)C(O)=C(C(=O)c2ccco2)C1c1ccc(O)c(Cl)c1. The van der Waals surface area contributed by atoms with E-state index < -0.39 is 23.5 Å². The van der Waals surface area contributed by atoms with E-state index in [-0.39, 0.29) is 28.7 Å². The maximum absolute atomic E-state index is 12.9. The van der Waals surface area contributed by atoms with Crippen molar-refractivity contribution in [2.45, 2.75) is 12.5 Å². The molecule has 1 atom stereocenters. The summed E-state index contributed by atoms with van der Waals surface area (Å²) in [6, 6.07) is 6.54. The van der Waals surface area contributed by atoms with Crippen LogP contribution in [0.15, 0.2) is 52.3 Å². The summed E-state index contributed by atoms with van der Waals surface area (Å²) >= 11 is 6.01. The zero-order valence-corrected chi connectivity index (χ0v) is 15.3. The summed E-state index contributed by atoms with van der Waals surface area (Å²) in [5.74, 6) is -1.98. The van der Waals surface area contributed by atoms with Crippen molar-refractivity contribution in [1.82, 2.24) is 4.90 Å². The van der Waals surface area contributed by atoms with Crippen LogP contribution < -0.4 is 0 Å². The largest absolute Gasteiger partial charge is 0.506 e. The number of ketones is 1. The van der Waals surface area contributed by atoms with Crippen molar-refractivity contribution in [2.75, 3.05) is 20.3 Å². The maximum Gasteiger partial charge on any atom is 0.290 e. The van der Waals surface area contributed by atoms with Crippen molar-refractivity contribution >= 4 is 23.3 Å². The van der Waals surface area contributed by atoms with Crippen LogP contribution in [0.2, 0.25) is 5.02 Å². The van der Waals surface area contributed by atoms with E-state index in [4.69, 9.17) is 20.8 Å². The molecule has 142 valence electrons. The molecule has 0 aliphatic carbocycles. The number of hydrogen-bond donors (Lipinski definition) is 2. The number of carbonyl (C=O) groups excluding carboxylic acids is 2. The molecule has 7 nitrogen and oxygen atoms in total. The lowest BCUT2D eigenvalue weighted by atomic mass is 9.95. The summed E-state index contributed by atoms with van der Waals surface area (Å²) in [6.07, 6.45) is 1.85. The fraction of sp³-hybridized carbons (Fsp3) is 0.263. The molecule has 0 fully saturated rings. The summed E-state index contributed by atoms with van der Waals surface area (Å²) in [4.78, 5) is 26.9. The van der Waals surface area contributed by atoms with Gasteiger partial charge in [0.25, 0.3) is 5.91 Å². The van der Waals surface area contributed by atoms with Crippen LogP contribution in [-0.4, -0.2) is 47.1 Å². The minimum Gasteiger partial charge on any atom is -0.506 e. The highest BCUT2D eigenvalue weighted by Crippen LogP contribution is 2.40. The van der Waals surface area contributed by atoms with Crippen LogP contribution in [0.1, 0.15) is 28.6 Å². The van der Waals surface area contributed by atoms with E-state index in [2.05, 4.69) is 0 Å². The van der Waals surface area contributed by atoms with Gasteiger partial charge in [0, 0.05) is 20.3 Å². The van der Waals surface area contributed by atoms with E-state index >= 15 is 0 Å². The topological polar surface area (TPSA) is 100 Å². The van der Waals surface area contributed by atoms with Gasteiger partial charge in [-0.05, 0) is 36.2 Å². The Morgan fingerprint density at radius 1 is 1.33 bits per heavy atom. The molecule has 0 bridgehead atoms. The number of benzene rings is 1.